The summed E-state index contributed by atoms with van der Waals surface area (Å²) >= 11 is 1.51. The minimum atomic E-state index is -0.338. The number of thiophene rings is 1. The number of H-pyrrole nitrogens is 1. The second-order valence-electron chi connectivity index (χ2n) is 4.28. The minimum Gasteiger partial charge on any atom is -0.336 e. The van der Waals surface area contributed by atoms with Gasteiger partial charge in [-0.2, -0.15) is 0 Å². The maximum atomic E-state index is 12.1. The van der Waals surface area contributed by atoms with Gasteiger partial charge in [0, 0.05) is 19.8 Å². The summed E-state index contributed by atoms with van der Waals surface area (Å²) in [6.45, 7) is 0.768. The van der Waals surface area contributed by atoms with E-state index in [0.717, 1.165) is 16.6 Å². The van der Waals surface area contributed by atoms with Gasteiger partial charge in [-0.3, -0.25) is 9.59 Å². The van der Waals surface area contributed by atoms with Gasteiger partial charge in [-0.05, 0) is 17.0 Å². The first-order valence-corrected chi connectivity index (χ1v) is 7.04. The SMILES string of the molecule is CN(Cc1csc(C#CCN)c1)C(=O)c1c[nH]c(=O)cn1. The molecule has 2 aromatic heterocycles. The molecule has 21 heavy (non-hydrogen) atoms. The molecular weight excluding hydrogens is 288 g/mol. The predicted octanol–water partition coefficient (Wildman–Crippen LogP) is 0.414. The highest BCUT2D eigenvalue weighted by molar-refractivity contribution is 7.10. The van der Waals surface area contributed by atoms with E-state index in [1.807, 2.05) is 11.4 Å². The molecule has 1 amide bonds. The molecule has 0 unspecified atom stereocenters. The maximum absolute atomic E-state index is 12.1. The van der Waals surface area contributed by atoms with Crippen molar-refractivity contribution in [2.75, 3.05) is 13.6 Å². The lowest BCUT2D eigenvalue weighted by Crippen LogP contribution is -2.27. The molecule has 2 aromatic rings. The number of hydrogen-bond donors (Lipinski definition) is 2. The molecule has 2 heterocycles. The Balaban J connectivity index is 2.05. The molecule has 0 spiro atoms. The first-order chi connectivity index (χ1) is 10.1. The molecule has 0 saturated heterocycles. The Morgan fingerprint density at radius 2 is 2.38 bits per heavy atom. The van der Waals surface area contributed by atoms with Gasteiger partial charge in [0.05, 0.1) is 17.6 Å². The van der Waals surface area contributed by atoms with Crippen LogP contribution >= 0.6 is 11.3 Å². The number of amides is 1. The lowest BCUT2D eigenvalue weighted by molar-refractivity contribution is 0.0779. The van der Waals surface area contributed by atoms with Gasteiger partial charge in [0.1, 0.15) is 5.69 Å². The number of hydrogen-bond acceptors (Lipinski definition) is 5. The van der Waals surface area contributed by atoms with Crippen LogP contribution in [-0.2, 0) is 6.54 Å². The molecule has 0 aliphatic carbocycles. The normalized spacial score (nSPS) is 9.81. The van der Waals surface area contributed by atoms with E-state index in [-0.39, 0.29) is 17.2 Å². The van der Waals surface area contributed by atoms with Gasteiger partial charge in [-0.15, -0.1) is 11.3 Å². The Morgan fingerprint density at radius 1 is 1.57 bits per heavy atom. The molecule has 0 radical (unpaired) electrons. The third-order valence-electron chi connectivity index (χ3n) is 2.63. The molecular formula is C14H14N4O2S. The monoisotopic (exact) mass is 302 g/mol. The van der Waals surface area contributed by atoms with Gasteiger partial charge in [0.15, 0.2) is 0 Å². The zero-order chi connectivity index (χ0) is 15.2. The molecule has 108 valence electrons. The number of nitrogens with zero attached hydrogens (tertiary/aromatic N) is 2. The van der Waals surface area contributed by atoms with E-state index < -0.39 is 0 Å². The summed E-state index contributed by atoms with van der Waals surface area (Å²) in [4.78, 5) is 31.8. The van der Waals surface area contributed by atoms with Crippen molar-refractivity contribution in [1.29, 1.82) is 0 Å². The van der Waals surface area contributed by atoms with E-state index in [4.69, 9.17) is 5.73 Å². The van der Waals surface area contributed by atoms with E-state index in [2.05, 4.69) is 21.8 Å². The molecule has 0 atom stereocenters. The number of aromatic nitrogens is 2. The largest absolute Gasteiger partial charge is 0.336 e. The summed E-state index contributed by atoms with van der Waals surface area (Å²) in [5.74, 6) is 5.48. The summed E-state index contributed by atoms with van der Waals surface area (Å²) < 4.78 is 0. The van der Waals surface area contributed by atoms with E-state index in [0.29, 0.717) is 13.1 Å². The lowest BCUT2D eigenvalue weighted by atomic mass is 10.2. The predicted molar refractivity (Wildman–Crippen MR) is 80.9 cm³/mol. The number of rotatable bonds is 3. The summed E-state index contributed by atoms with van der Waals surface area (Å²) in [6, 6.07) is 1.93. The van der Waals surface area contributed by atoms with Gasteiger partial charge >= 0.3 is 0 Å². The summed E-state index contributed by atoms with van der Waals surface area (Å²) in [7, 11) is 1.68. The van der Waals surface area contributed by atoms with E-state index in [9.17, 15) is 9.59 Å². The van der Waals surface area contributed by atoms with Crippen molar-refractivity contribution in [1.82, 2.24) is 14.9 Å². The fourth-order valence-corrected chi connectivity index (χ4v) is 2.43. The summed E-state index contributed by atoms with van der Waals surface area (Å²) in [5, 5.41) is 1.95. The highest BCUT2D eigenvalue weighted by atomic mass is 32.1. The van der Waals surface area contributed by atoms with Crippen molar-refractivity contribution in [3.8, 4) is 11.8 Å². The zero-order valence-electron chi connectivity index (χ0n) is 11.4. The van der Waals surface area contributed by atoms with Crippen LogP contribution in [0.5, 0.6) is 0 Å². The molecule has 0 bridgehead atoms. The Bertz CT molecular complexity index is 734. The van der Waals surface area contributed by atoms with E-state index in [1.54, 1.807) is 7.05 Å². The lowest BCUT2D eigenvalue weighted by Gasteiger charge is -2.15. The first-order valence-electron chi connectivity index (χ1n) is 6.16. The zero-order valence-corrected chi connectivity index (χ0v) is 12.2. The quantitative estimate of drug-likeness (QED) is 0.803. The Kier molecular flexibility index (Phi) is 4.87. The van der Waals surface area contributed by atoms with Gasteiger partial charge in [-0.1, -0.05) is 11.8 Å². The Hall–Kier alpha value is -2.43. The highest BCUT2D eigenvalue weighted by Crippen LogP contribution is 2.15. The maximum Gasteiger partial charge on any atom is 0.274 e. The summed E-state index contributed by atoms with van der Waals surface area (Å²) in [6.07, 6.45) is 2.40. The van der Waals surface area contributed by atoms with Gasteiger partial charge < -0.3 is 15.6 Å². The van der Waals surface area contributed by atoms with E-state index in [1.165, 1.54) is 22.4 Å². The van der Waals surface area contributed by atoms with Crippen LogP contribution in [0, 0.1) is 11.8 Å². The fraction of sp³-hybridized carbons (Fsp3) is 0.214. The van der Waals surface area contributed by atoms with Crippen molar-refractivity contribution >= 4 is 17.2 Å². The van der Waals surface area contributed by atoms with Crippen LogP contribution < -0.4 is 11.3 Å². The van der Waals surface area contributed by atoms with E-state index >= 15 is 0 Å². The smallest absolute Gasteiger partial charge is 0.274 e. The number of carbonyl (C=O) groups is 1. The minimum absolute atomic E-state index is 0.204. The molecule has 0 fully saturated rings. The highest BCUT2D eigenvalue weighted by Gasteiger charge is 2.14. The van der Waals surface area contributed by atoms with Crippen molar-refractivity contribution < 1.29 is 4.79 Å². The second kappa shape index (κ2) is 6.83. The van der Waals surface area contributed by atoms with Crippen LogP contribution in [-0.4, -0.2) is 34.4 Å². The van der Waals surface area contributed by atoms with Crippen molar-refractivity contribution in [3.63, 3.8) is 0 Å². The molecule has 0 aliphatic heterocycles. The second-order valence-corrected chi connectivity index (χ2v) is 5.19. The number of nitrogens with two attached hydrogens (primary N) is 1. The topological polar surface area (TPSA) is 92.1 Å². The van der Waals surface area contributed by atoms with Gasteiger partial charge in [0.25, 0.3) is 11.5 Å². The van der Waals surface area contributed by atoms with Crippen LogP contribution in [0.15, 0.2) is 28.6 Å². The van der Waals surface area contributed by atoms with Crippen molar-refractivity contribution in [2.24, 2.45) is 5.73 Å². The third kappa shape index (κ3) is 4.02. The fourth-order valence-electron chi connectivity index (χ4n) is 1.66. The third-order valence-corrected chi connectivity index (χ3v) is 3.52. The molecule has 0 aromatic carbocycles. The molecule has 0 aliphatic rings. The number of carbonyl (C=O) groups excluding carboxylic acids is 1. The molecule has 3 N–H and O–H groups in total. The average molecular weight is 302 g/mol. The number of nitrogens with one attached hydrogen (secondary N) is 1. The standard InChI is InChI=1S/C14H14N4O2S/c1-18(14(20)12-6-17-13(19)7-16-12)8-10-5-11(21-9-10)3-2-4-15/h5-7,9H,4,8,15H2,1H3,(H,17,19). The van der Waals surface area contributed by atoms with Crippen molar-refractivity contribution in [2.45, 2.75) is 6.54 Å². The van der Waals surface area contributed by atoms with Crippen LogP contribution in [0.4, 0.5) is 0 Å². The average Bonchev–Trinajstić information content (AvgIpc) is 2.92. The Morgan fingerprint density at radius 3 is 3.05 bits per heavy atom. The molecule has 7 heteroatoms. The van der Waals surface area contributed by atoms with Crippen molar-refractivity contribution in [3.05, 3.63) is 50.3 Å². The molecule has 2 rings (SSSR count). The molecule has 0 saturated carbocycles. The van der Waals surface area contributed by atoms with Crippen LogP contribution in [0.3, 0.4) is 0 Å². The number of aromatic amines is 1. The van der Waals surface area contributed by atoms with Gasteiger partial charge in [0.2, 0.25) is 0 Å². The van der Waals surface area contributed by atoms with Crippen LogP contribution in [0.2, 0.25) is 0 Å². The first kappa shape index (κ1) is 15.0. The molecule has 6 nitrogen and oxygen atoms in total. The van der Waals surface area contributed by atoms with Gasteiger partial charge in [-0.25, -0.2) is 4.98 Å². The van der Waals surface area contributed by atoms with Crippen LogP contribution in [0.1, 0.15) is 20.9 Å². The summed E-state index contributed by atoms with van der Waals surface area (Å²) in [5.41, 5.74) is 6.18. The Labute approximate surface area is 125 Å². The van der Waals surface area contributed by atoms with Crippen LogP contribution in [0.25, 0.3) is 0 Å².